The second-order valence-corrected chi connectivity index (χ2v) is 14.4. The third-order valence-corrected chi connectivity index (χ3v) is 9.43. The molecule has 0 fully saturated rings. The molecule has 0 unspecified atom stereocenters. The van der Waals surface area contributed by atoms with E-state index in [0.29, 0.717) is 44.6 Å². The predicted molar refractivity (Wildman–Crippen MR) is 226 cm³/mol. The van der Waals surface area contributed by atoms with E-state index in [1.807, 2.05) is 6.92 Å². The summed E-state index contributed by atoms with van der Waals surface area (Å²) >= 11 is 0. The number of hydrogen-bond acceptors (Lipinski definition) is 14. The summed E-state index contributed by atoms with van der Waals surface area (Å²) in [4.78, 5) is 113. The van der Waals surface area contributed by atoms with E-state index in [2.05, 4.69) is 49.4 Å². The van der Waals surface area contributed by atoms with E-state index in [4.69, 9.17) is 9.84 Å². The number of nitrogens with one attached hydrogen (secondary N) is 8. The van der Waals surface area contributed by atoms with Crippen LogP contribution in [-0.2, 0) is 54.3 Å². The van der Waals surface area contributed by atoms with Crippen molar-refractivity contribution in [2.75, 3.05) is 72.3 Å². The van der Waals surface area contributed by atoms with Crippen molar-refractivity contribution in [1.82, 2.24) is 57.7 Å². The molecule has 1 aromatic rings. The molecule has 3 rings (SSSR count). The van der Waals surface area contributed by atoms with Crippen LogP contribution < -0.4 is 42.9 Å². The van der Waals surface area contributed by atoms with Gasteiger partial charge < -0.3 is 52.1 Å². The zero-order chi connectivity index (χ0) is 46.0. The molecule has 22 heteroatoms. The van der Waals surface area contributed by atoms with Gasteiger partial charge in [-0.15, -0.1) is 5.53 Å². The highest BCUT2D eigenvalue weighted by atomic mass is 16.5. The van der Waals surface area contributed by atoms with Gasteiger partial charge in [-0.05, 0) is 38.2 Å². The van der Waals surface area contributed by atoms with Crippen LogP contribution in [0.15, 0.2) is 66.5 Å². The van der Waals surface area contributed by atoms with Gasteiger partial charge in [-0.1, -0.05) is 43.3 Å². The first-order chi connectivity index (χ1) is 30.3. The molecule has 0 saturated carbocycles. The highest BCUT2D eigenvalue weighted by Gasteiger charge is 2.24. The molecule has 9 N–H and O–H groups in total. The van der Waals surface area contributed by atoms with Gasteiger partial charge in [-0.2, -0.15) is 0 Å². The van der Waals surface area contributed by atoms with Crippen LogP contribution in [0.5, 0.6) is 0 Å². The number of nitrogens with zero attached hydrogens (tertiary/aromatic N) is 3. The minimum atomic E-state index is -1.11. The molecule has 0 aromatic heterocycles. The normalized spacial score (nSPS) is 13.4. The molecule has 0 radical (unpaired) electrons. The zero-order valence-corrected chi connectivity index (χ0v) is 35.5. The Kier molecular flexibility index (Phi) is 22.6. The summed E-state index contributed by atoms with van der Waals surface area (Å²) in [5.41, 5.74) is 7.49. The number of unbranched alkanes of at least 4 members (excludes halogenated alkanes) is 3. The van der Waals surface area contributed by atoms with Crippen LogP contribution >= 0.6 is 0 Å². The Labute approximate surface area is 365 Å². The van der Waals surface area contributed by atoms with E-state index in [1.165, 1.54) is 12.2 Å². The number of hydrogen-bond donors (Lipinski definition) is 9. The Morgan fingerprint density at radius 1 is 0.794 bits per heavy atom. The van der Waals surface area contributed by atoms with Crippen molar-refractivity contribution in [2.24, 2.45) is 0 Å². The standard InChI is InChI=1S/C41H59N11O11/c1-3-50(41(62)29(2)26-53)17-10-11-18-51-25-31(48-49-51)21-42-37(58)27-63-28-46-35(56)23-45-40(61)32(20-30-12-6-4-7-13-30)47-36(57)24-44-34(55)22-43-33(54)14-8-5-9-19-52-38(59)15-16-39(52)60/h4,6-7,12-13,15-16,25,32,48-49,53H,2-3,5,8-11,14,17-24,26-28H2,1H3,(H,42,58)(H,43,54)(H,44,55)(H,45,61)(H,46,56)(H,47,57)/t32-/m0/s1. The maximum Gasteiger partial charge on any atom is 0.253 e. The van der Waals surface area contributed by atoms with E-state index in [0.717, 1.165) is 23.3 Å². The fourth-order valence-corrected chi connectivity index (χ4v) is 5.96. The number of hydrazine groups is 2. The molecule has 63 heavy (non-hydrogen) atoms. The van der Waals surface area contributed by atoms with Gasteiger partial charge in [-0.25, -0.2) is 0 Å². The molecule has 0 aliphatic carbocycles. The predicted octanol–water partition coefficient (Wildman–Crippen LogP) is -2.90. The van der Waals surface area contributed by atoms with Crippen LogP contribution in [0.1, 0.15) is 51.0 Å². The largest absolute Gasteiger partial charge is 0.391 e. The van der Waals surface area contributed by atoms with Crippen LogP contribution in [0, 0.1) is 0 Å². The van der Waals surface area contributed by atoms with E-state index < -0.39 is 48.7 Å². The molecule has 9 amide bonds. The quantitative estimate of drug-likeness (QED) is 0.0162. The van der Waals surface area contributed by atoms with Crippen molar-refractivity contribution in [3.05, 3.63) is 72.1 Å². The number of carbonyl (C=O) groups excluding carboxylic acids is 9. The third-order valence-electron chi connectivity index (χ3n) is 9.43. The Morgan fingerprint density at radius 2 is 1.46 bits per heavy atom. The average molecular weight is 882 g/mol. The minimum Gasteiger partial charge on any atom is -0.391 e. The summed E-state index contributed by atoms with van der Waals surface area (Å²) < 4.78 is 5.24. The lowest BCUT2D eigenvalue weighted by atomic mass is 10.1. The van der Waals surface area contributed by atoms with E-state index >= 15 is 0 Å². The van der Waals surface area contributed by atoms with Crippen molar-refractivity contribution >= 4 is 53.2 Å². The molecular weight excluding hydrogens is 823 g/mol. The molecule has 22 nitrogen and oxygen atoms in total. The summed E-state index contributed by atoms with van der Waals surface area (Å²) in [6.45, 7) is 5.18. The molecule has 2 aliphatic heterocycles. The van der Waals surface area contributed by atoms with Crippen LogP contribution in [0.4, 0.5) is 0 Å². The van der Waals surface area contributed by atoms with Gasteiger partial charge in [0.1, 0.15) is 19.4 Å². The molecule has 2 aliphatic rings. The van der Waals surface area contributed by atoms with Crippen molar-refractivity contribution in [3.63, 3.8) is 0 Å². The number of aliphatic hydroxyl groups excluding tert-OH is 1. The van der Waals surface area contributed by atoms with Crippen molar-refractivity contribution in [3.8, 4) is 0 Å². The monoisotopic (exact) mass is 881 g/mol. The average Bonchev–Trinajstić information content (AvgIpc) is 3.88. The first-order valence-corrected chi connectivity index (χ1v) is 20.7. The number of likely N-dealkylation sites (N-methyl/N-ethyl adjacent to an activating group) is 1. The Balaban J connectivity index is 1.28. The lowest BCUT2D eigenvalue weighted by Gasteiger charge is -2.22. The Hall–Kier alpha value is -6.65. The van der Waals surface area contributed by atoms with Gasteiger partial charge in [0.15, 0.2) is 0 Å². The second-order valence-electron chi connectivity index (χ2n) is 14.4. The van der Waals surface area contributed by atoms with Gasteiger partial charge in [-0.3, -0.25) is 53.1 Å². The molecular formula is C41H59N11O11. The number of ether oxygens (including phenoxy) is 1. The first-order valence-electron chi connectivity index (χ1n) is 20.7. The number of imide groups is 1. The second kappa shape index (κ2) is 28.0. The SMILES string of the molecule is C=C(CO)C(=O)N(CC)CCCCN1C=C(CNC(=O)COCNC(=O)CNC(=O)[C@H](Cc2ccccc2)NC(=O)CNC(=O)CNC(=O)CCCCCN2C(=O)C=CC2=O)NN1. The number of amides is 9. The number of aliphatic hydroxyl groups is 1. The molecule has 2 heterocycles. The smallest absolute Gasteiger partial charge is 0.253 e. The number of carbonyl (C=O) groups is 9. The van der Waals surface area contributed by atoms with Gasteiger partial charge in [0.25, 0.3) is 17.7 Å². The van der Waals surface area contributed by atoms with Gasteiger partial charge in [0.05, 0.1) is 38.5 Å². The van der Waals surface area contributed by atoms with Gasteiger partial charge in [0, 0.05) is 62.9 Å². The lowest BCUT2D eigenvalue weighted by Crippen LogP contribution is -2.52. The highest BCUT2D eigenvalue weighted by molar-refractivity contribution is 6.12. The molecule has 0 bridgehead atoms. The van der Waals surface area contributed by atoms with E-state index in [1.54, 1.807) is 46.4 Å². The lowest BCUT2D eigenvalue weighted by molar-refractivity contribution is -0.137. The van der Waals surface area contributed by atoms with Crippen LogP contribution in [-0.4, -0.2) is 151 Å². The topological polar surface area (TPSA) is 289 Å². The van der Waals surface area contributed by atoms with Crippen molar-refractivity contribution < 1.29 is 53.0 Å². The molecule has 344 valence electrons. The van der Waals surface area contributed by atoms with Crippen LogP contribution in [0.25, 0.3) is 0 Å². The molecule has 0 spiro atoms. The molecule has 0 saturated heterocycles. The highest BCUT2D eigenvalue weighted by Crippen LogP contribution is 2.09. The number of rotatable bonds is 30. The maximum absolute atomic E-state index is 13.1. The summed E-state index contributed by atoms with van der Waals surface area (Å²) in [6.07, 6.45) is 7.53. The maximum atomic E-state index is 13.1. The van der Waals surface area contributed by atoms with Crippen molar-refractivity contribution in [2.45, 2.75) is 57.9 Å². The Morgan fingerprint density at radius 3 is 2.17 bits per heavy atom. The Bertz CT molecular complexity index is 1820. The van der Waals surface area contributed by atoms with Gasteiger partial charge in [0.2, 0.25) is 35.4 Å². The summed E-state index contributed by atoms with van der Waals surface area (Å²) in [5.74, 6) is -4.41. The minimum absolute atomic E-state index is 0.0786. The molecule has 1 atom stereocenters. The van der Waals surface area contributed by atoms with E-state index in [-0.39, 0.29) is 81.6 Å². The van der Waals surface area contributed by atoms with E-state index in [9.17, 15) is 43.2 Å². The van der Waals surface area contributed by atoms with Gasteiger partial charge >= 0.3 is 0 Å². The number of benzene rings is 1. The zero-order valence-electron chi connectivity index (χ0n) is 35.5. The fourth-order valence-electron chi connectivity index (χ4n) is 5.96. The first kappa shape index (κ1) is 50.7. The van der Waals surface area contributed by atoms with Crippen LogP contribution in [0.2, 0.25) is 0 Å². The summed E-state index contributed by atoms with van der Waals surface area (Å²) in [6, 6.07) is 7.71. The fraction of sp³-hybridized carbons (Fsp3) is 0.488. The molecule has 1 aromatic carbocycles. The third kappa shape index (κ3) is 19.7. The van der Waals surface area contributed by atoms with Crippen molar-refractivity contribution in [1.29, 1.82) is 0 Å². The van der Waals surface area contributed by atoms with Crippen LogP contribution in [0.3, 0.4) is 0 Å². The summed E-state index contributed by atoms with van der Waals surface area (Å²) in [7, 11) is 0. The summed E-state index contributed by atoms with van der Waals surface area (Å²) in [5, 5.41) is 26.0.